The lowest BCUT2D eigenvalue weighted by Crippen LogP contribution is -2.37. The fourth-order valence-electron chi connectivity index (χ4n) is 3.03. The summed E-state index contributed by atoms with van der Waals surface area (Å²) < 4.78 is 0. The molecule has 2 aromatic rings. The number of aromatic amines is 1. The largest absolute Gasteiger partial charge is 0.378 e. The van der Waals surface area contributed by atoms with Crippen molar-refractivity contribution in [2.45, 2.75) is 6.42 Å². The standard InChI is InChI=1S/C19H23N5O3/c1-22(2)15-6-4-14(5-7-15)18(26)23-10-3-11-24(13-12-23)19(27)16-8-9-17(25)21-20-16/h4-9H,3,10-13H2,1-2H3,(H,21,25). The highest BCUT2D eigenvalue weighted by Gasteiger charge is 2.24. The van der Waals surface area contributed by atoms with E-state index < -0.39 is 0 Å². The first kappa shape index (κ1) is 18.6. The number of carbonyl (C=O) groups is 2. The number of hydrogen-bond acceptors (Lipinski definition) is 5. The Hall–Kier alpha value is -3.16. The molecule has 1 aliphatic rings. The van der Waals surface area contributed by atoms with Crippen LogP contribution in [0.5, 0.6) is 0 Å². The number of H-pyrrole nitrogens is 1. The molecule has 8 heteroatoms. The molecule has 0 spiro atoms. The molecule has 0 bridgehead atoms. The van der Waals surface area contributed by atoms with Gasteiger partial charge in [0.15, 0.2) is 0 Å². The highest BCUT2D eigenvalue weighted by molar-refractivity contribution is 5.95. The van der Waals surface area contributed by atoms with Crippen LogP contribution in [0.3, 0.4) is 0 Å². The monoisotopic (exact) mass is 369 g/mol. The van der Waals surface area contributed by atoms with Crippen LogP contribution in [0.1, 0.15) is 27.3 Å². The minimum absolute atomic E-state index is 0.0308. The van der Waals surface area contributed by atoms with Gasteiger partial charge >= 0.3 is 0 Å². The number of rotatable bonds is 3. The Morgan fingerprint density at radius 2 is 1.56 bits per heavy atom. The van der Waals surface area contributed by atoms with Gasteiger partial charge in [-0.05, 0) is 36.8 Å². The van der Waals surface area contributed by atoms with Crippen LogP contribution in [0.4, 0.5) is 5.69 Å². The molecule has 3 rings (SSSR count). The third-order valence-corrected chi connectivity index (χ3v) is 4.60. The van der Waals surface area contributed by atoms with E-state index in [-0.39, 0.29) is 23.1 Å². The van der Waals surface area contributed by atoms with Gasteiger partial charge in [0.05, 0.1) is 0 Å². The van der Waals surface area contributed by atoms with Crippen molar-refractivity contribution < 1.29 is 9.59 Å². The van der Waals surface area contributed by atoms with Crippen molar-refractivity contribution in [2.24, 2.45) is 0 Å². The van der Waals surface area contributed by atoms with Gasteiger partial charge in [-0.25, -0.2) is 5.10 Å². The summed E-state index contributed by atoms with van der Waals surface area (Å²) in [6.45, 7) is 2.03. The van der Waals surface area contributed by atoms with E-state index in [9.17, 15) is 14.4 Å². The van der Waals surface area contributed by atoms with E-state index in [1.165, 1.54) is 12.1 Å². The number of amides is 2. The Labute approximate surface area is 157 Å². The quantitative estimate of drug-likeness (QED) is 0.865. The summed E-state index contributed by atoms with van der Waals surface area (Å²) >= 11 is 0. The number of nitrogens with zero attached hydrogens (tertiary/aromatic N) is 4. The molecule has 27 heavy (non-hydrogen) atoms. The van der Waals surface area contributed by atoms with Crippen LogP contribution in [0.15, 0.2) is 41.2 Å². The molecule has 1 N–H and O–H groups in total. The lowest BCUT2D eigenvalue weighted by atomic mass is 10.1. The molecule has 142 valence electrons. The number of aromatic nitrogens is 2. The Balaban J connectivity index is 1.65. The van der Waals surface area contributed by atoms with Gasteiger partial charge in [0.1, 0.15) is 5.69 Å². The topological polar surface area (TPSA) is 89.6 Å². The summed E-state index contributed by atoms with van der Waals surface area (Å²) in [6, 6.07) is 10.2. The number of hydrogen-bond donors (Lipinski definition) is 1. The first-order valence-corrected chi connectivity index (χ1v) is 8.87. The second kappa shape index (κ2) is 8.03. The molecule has 1 fully saturated rings. The lowest BCUT2D eigenvalue weighted by molar-refractivity contribution is 0.0715. The molecule has 0 saturated carbocycles. The molecule has 2 heterocycles. The predicted molar refractivity (Wildman–Crippen MR) is 102 cm³/mol. The number of carbonyl (C=O) groups excluding carboxylic acids is 2. The van der Waals surface area contributed by atoms with Crippen molar-refractivity contribution in [1.29, 1.82) is 0 Å². The minimum Gasteiger partial charge on any atom is -0.378 e. The van der Waals surface area contributed by atoms with Crippen LogP contribution in [-0.2, 0) is 0 Å². The Morgan fingerprint density at radius 1 is 0.926 bits per heavy atom. The van der Waals surface area contributed by atoms with E-state index in [0.717, 1.165) is 5.69 Å². The summed E-state index contributed by atoms with van der Waals surface area (Å²) in [4.78, 5) is 41.8. The summed E-state index contributed by atoms with van der Waals surface area (Å²) in [5.41, 5.74) is 1.53. The molecular formula is C19H23N5O3. The fourth-order valence-corrected chi connectivity index (χ4v) is 3.03. The smallest absolute Gasteiger partial charge is 0.274 e. The molecule has 1 saturated heterocycles. The zero-order valence-electron chi connectivity index (χ0n) is 15.5. The van der Waals surface area contributed by atoms with Crippen LogP contribution < -0.4 is 10.5 Å². The van der Waals surface area contributed by atoms with Crippen molar-refractivity contribution in [3.8, 4) is 0 Å². The van der Waals surface area contributed by atoms with Gasteiger partial charge in [-0.1, -0.05) is 0 Å². The normalized spacial score (nSPS) is 14.6. The Bertz CT molecular complexity index is 855. The summed E-state index contributed by atoms with van der Waals surface area (Å²) in [5, 5.41) is 6.07. The third kappa shape index (κ3) is 4.33. The highest BCUT2D eigenvalue weighted by atomic mass is 16.2. The van der Waals surface area contributed by atoms with Crippen LogP contribution in [0.25, 0.3) is 0 Å². The second-order valence-electron chi connectivity index (χ2n) is 6.69. The molecule has 0 atom stereocenters. The van der Waals surface area contributed by atoms with Gasteiger partial charge in [0.2, 0.25) is 0 Å². The van der Waals surface area contributed by atoms with Crippen molar-refractivity contribution in [3.63, 3.8) is 0 Å². The maximum Gasteiger partial charge on any atom is 0.274 e. The third-order valence-electron chi connectivity index (χ3n) is 4.60. The van der Waals surface area contributed by atoms with E-state index in [1.54, 1.807) is 9.80 Å². The second-order valence-corrected chi connectivity index (χ2v) is 6.69. The first-order valence-electron chi connectivity index (χ1n) is 8.87. The van der Waals surface area contributed by atoms with Crippen LogP contribution in [0.2, 0.25) is 0 Å². The zero-order chi connectivity index (χ0) is 19.4. The Kier molecular flexibility index (Phi) is 5.54. The van der Waals surface area contributed by atoms with Crippen LogP contribution in [-0.4, -0.2) is 72.1 Å². The van der Waals surface area contributed by atoms with E-state index in [0.29, 0.717) is 38.2 Å². The predicted octanol–water partition coefficient (Wildman–Crippen LogP) is 0.824. The van der Waals surface area contributed by atoms with E-state index >= 15 is 0 Å². The maximum absolute atomic E-state index is 12.8. The van der Waals surface area contributed by atoms with Crippen molar-refractivity contribution >= 4 is 17.5 Å². The SMILES string of the molecule is CN(C)c1ccc(C(=O)N2CCCN(C(=O)c3ccc(=O)[nH]n3)CC2)cc1. The number of benzene rings is 1. The molecule has 0 radical (unpaired) electrons. The van der Waals surface area contributed by atoms with E-state index in [1.807, 2.05) is 43.3 Å². The number of anilines is 1. The molecule has 1 aromatic carbocycles. The summed E-state index contributed by atoms with van der Waals surface area (Å²) in [5.74, 6) is -0.271. The summed E-state index contributed by atoms with van der Waals surface area (Å²) in [7, 11) is 3.91. The van der Waals surface area contributed by atoms with Crippen molar-refractivity contribution in [1.82, 2.24) is 20.0 Å². The van der Waals surface area contributed by atoms with Gasteiger partial charge in [0.25, 0.3) is 17.4 Å². The molecule has 0 aliphatic carbocycles. The number of nitrogens with one attached hydrogen (secondary N) is 1. The summed E-state index contributed by atoms with van der Waals surface area (Å²) in [6.07, 6.45) is 0.691. The maximum atomic E-state index is 12.8. The molecule has 0 unspecified atom stereocenters. The zero-order valence-corrected chi connectivity index (χ0v) is 15.5. The van der Waals surface area contributed by atoms with Crippen molar-refractivity contribution in [2.75, 3.05) is 45.2 Å². The average molecular weight is 369 g/mol. The van der Waals surface area contributed by atoms with Gasteiger partial charge in [-0.3, -0.25) is 14.4 Å². The van der Waals surface area contributed by atoms with Gasteiger partial charge in [0, 0.05) is 57.6 Å². The van der Waals surface area contributed by atoms with Crippen LogP contribution >= 0.6 is 0 Å². The Morgan fingerprint density at radius 3 is 2.11 bits per heavy atom. The van der Waals surface area contributed by atoms with Gasteiger partial charge < -0.3 is 14.7 Å². The first-order chi connectivity index (χ1) is 13.0. The van der Waals surface area contributed by atoms with Crippen molar-refractivity contribution in [3.05, 3.63) is 58.0 Å². The van der Waals surface area contributed by atoms with E-state index in [4.69, 9.17) is 0 Å². The average Bonchev–Trinajstić information content (AvgIpc) is 2.94. The van der Waals surface area contributed by atoms with E-state index in [2.05, 4.69) is 10.2 Å². The molecule has 1 aromatic heterocycles. The lowest BCUT2D eigenvalue weighted by Gasteiger charge is -2.22. The fraction of sp³-hybridized carbons (Fsp3) is 0.368. The molecule has 1 aliphatic heterocycles. The van der Waals surface area contributed by atoms with Gasteiger partial charge in [-0.2, -0.15) is 5.10 Å². The minimum atomic E-state index is -0.348. The van der Waals surface area contributed by atoms with Crippen LogP contribution in [0, 0.1) is 0 Å². The molecule has 2 amide bonds. The van der Waals surface area contributed by atoms with Gasteiger partial charge in [-0.15, -0.1) is 0 Å². The molecular weight excluding hydrogens is 346 g/mol. The highest BCUT2D eigenvalue weighted by Crippen LogP contribution is 2.15. The molecule has 8 nitrogen and oxygen atoms in total.